The molecule has 1 aliphatic rings. The van der Waals surface area contributed by atoms with Crippen molar-refractivity contribution in [3.63, 3.8) is 0 Å². The van der Waals surface area contributed by atoms with Crippen LogP contribution in [-0.4, -0.2) is 44.0 Å². The van der Waals surface area contributed by atoms with Gasteiger partial charge in [-0.05, 0) is 49.3 Å². The number of carbonyl (C=O) groups excluding carboxylic acids is 1. The number of aryl methyl sites for hydroxylation is 2. The summed E-state index contributed by atoms with van der Waals surface area (Å²) in [6.45, 7) is 6.55. The number of hydrogen-bond donors (Lipinski definition) is 2. The van der Waals surface area contributed by atoms with Gasteiger partial charge in [-0.15, -0.1) is 6.58 Å². The molecule has 0 radical (unpaired) electrons. The average molecular weight is 342 g/mol. The molecule has 0 heterocycles. The summed E-state index contributed by atoms with van der Waals surface area (Å²) in [6, 6.07) is 6.86. The van der Waals surface area contributed by atoms with Crippen LogP contribution in [0.3, 0.4) is 0 Å². The van der Waals surface area contributed by atoms with E-state index in [0.29, 0.717) is 12.5 Å². The maximum Gasteiger partial charge on any atom is 0.243 e. The van der Waals surface area contributed by atoms with Gasteiger partial charge in [0.1, 0.15) is 6.54 Å². The Morgan fingerprint density at radius 2 is 2.04 bits per heavy atom. The molecule has 1 aromatic carbocycles. The molecule has 5 heteroatoms. The number of likely N-dealkylation sites (N-methyl/N-ethyl adjacent to an activating group) is 1. The number of aliphatic imine (C=N–C) groups is 1. The van der Waals surface area contributed by atoms with Gasteiger partial charge >= 0.3 is 0 Å². The zero-order chi connectivity index (χ0) is 18.2. The largest absolute Gasteiger partial charge is 0.353 e. The number of benzene rings is 1. The van der Waals surface area contributed by atoms with E-state index in [0.717, 1.165) is 0 Å². The summed E-state index contributed by atoms with van der Waals surface area (Å²) >= 11 is 0. The number of fused-ring (bicyclic) bond motifs is 1. The second-order valence-electron chi connectivity index (χ2n) is 6.72. The van der Waals surface area contributed by atoms with E-state index in [4.69, 9.17) is 0 Å². The normalized spacial score (nSPS) is 15.1. The second kappa shape index (κ2) is 9.25. The molecule has 136 valence electrons. The highest BCUT2D eigenvalue weighted by Crippen LogP contribution is 2.24. The van der Waals surface area contributed by atoms with E-state index < -0.39 is 0 Å². The van der Waals surface area contributed by atoms with Gasteiger partial charge < -0.3 is 15.5 Å². The lowest BCUT2D eigenvalue weighted by atomic mass is 9.89. The summed E-state index contributed by atoms with van der Waals surface area (Å²) in [5.41, 5.74) is 4.20. The summed E-state index contributed by atoms with van der Waals surface area (Å²) in [6.07, 6.45) is 6.70. The number of guanidine groups is 1. The minimum absolute atomic E-state index is 0.0267. The molecule has 0 aromatic heterocycles. The molecule has 25 heavy (non-hydrogen) atoms. The third-order valence-electron chi connectivity index (χ3n) is 4.51. The van der Waals surface area contributed by atoms with Gasteiger partial charge in [0.05, 0.1) is 6.04 Å². The Hall–Kier alpha value is -2.30. The lowest BCUT2D eigenvalue weighted by Gasteiger charge is -2.21. The third kappa shape index (κ3) is 5.62. The summed E-state index contributed by atoms with van der Waals surface area (Å²) in [7, 11) is 3.47. The van der Waals surface area contributed by atoms with Gasteiger partial charge in [0, 0.05) is 20.6 Å². The van der Waals surface area contributed by atoms with Crippen LogP contribution in [0.1, 0.15) is 42.5 Å². The highest BCUT2D eigenvalue weighted by molar-refractivity contribution is 5.85. The fourth-order valence-corrected chi connectivity index (χ4v) is 2.92. The van der Waals surface area contributed by atoms with Crippen molar-refractivity contribution in [1.29, 1.82) is 0 Å². The maximum absolute atomic E-state index is 11.8. The molecule has 2 N–H and O–H groups in total. The van der Waals surface area contributed by atoms with E-state index >= 15 is 0 Å². The van der Waals surface area contributed by atoms with Crippen LogP contribution in [-0.2, 0) is 17.6 Å². The van der Waals surface area contributed by atoms with Gasteiger partial charge in [-0.2, -0.15) is 0 Å². The number of hydrogen-bond acceptors (Lipinski definition) is 2. The molecule has 1 unspecified atom stereocenters. The molecule has 0 fully saturated rings. The molecule has 0 saturated carbocycles. The van der Waals surface area contributed by atoms with Gasteiger partial charge in [0.2, 0.25) is 5.91 Å². The maximum atomic E-state index is 11.8. The van der Waals surface area contributed by atoms with Crippen molar-refractivity contribution < 1.29 is 4.79 Å². The van der Waals surface area contributed by atoms with E-state index in [1.807, 2.05) is 0 Å². The lowest BCUT2D eigenvalue weighted by Crippen LogP contribution is -2.40. The molecule has 0 spiro atoms. The predicted octanol–water partition coefficient (Wildman–Crippen LogP) is 2.44. The molecule has 5 nitrogen and oxygen atoms in total. The summed E-state index contributed by atoms with van der Waals surface area (Å²) in [5.74, 6) is 0.599. The van der Waals surface area contributed by atoms with Crippen molar-refractivity contribution in [2.24, 2.45) is 4.99 Å². The Balaban J connectivity index is 2.07. The Morgan fingerprint density at radius 3 is 2.72 bits per heavy atom. The van der Waals surface area contributed by atoms with Crippen molar-refractivity contribution in [2.75, 3.05) is 27.2 Å². The first kappa shape index (κ1) is 19.0. The van der Waals surface area contributed by atoms with Crippen LogP contribution in [0.5, 0.6) is 0 Å². The van der Waals surface area contributed by atoms with E-state index in [2.05, 4.69) is 47.3 Å². The summed E-state index contributed by atoms with van der Waals surface area (Å²) in [4.78, 5) is 17.7. The summed E-state index contributed by atoms with van der Waals surface area (Å²) < 4.78 is 0. The first-order valence-electron chi connectivity index (χ1n) is 8.99. The minimum Gasteiger partial charge on any atom is -0.353 e. The van der Waals surface area contributed by atoms with Crippen LogP contribution in [0, 0.1) is 0 Å². The molecule has 1 aromatic rings. The van der Waals surface area contributed by atoms with Gasteiger partial charge in [0.25, 0.3) is 0 Å². The van der Waals surface area contributed by atoms with Crippen LogP contribution in [0.2, 0.25) is 0 Å². The standard InChI is InChI=1S/C20H30N4O/c1-5-12-21-20(22-14-19(25)24(3)4)23-15(2)17-11-10-16-8-6-7-9-18(16)13-17/h5,10-11,13,15H,1,6-9,12,14H2,2-4H3,(H2,21,22,23). The number of nitrogens with one attached hydrogen (secondary N) is 2. The van der Waals surface area contributed by atoms with Crippen LogP contribution in [0.4, 0.5) is 0 Å². The first-order valence-corrected chi connectivity index (χ1v) is 8.99. The minimum atomic E-state index is -0.0267. The molecule has 1 atom stereocenters. The van der Waals surface area contributed by atoms with Crippen molar-refractivity contribution >= 4 is 11.9 Å². The molecular weight excluding hydrogens is 312 g/mol. The van der Waals surface area contributed by atoms with Gasteiger partial charge in [0.15, 0.2) is 5.96 Å². The van der Waals surface area contributed by atoms with Gasteiger partial charge in [-0.25, -0.2) is 4.99 Å². The Bertz CT molecular complexity index is 637. The van der Waals surface area contributed by atoms with Crippen molar-refractivity contribution in [3.05, 3.63) is 47.5 Å². The van der Waals surface area contributed by atoms with Crippen molar-refractivity contribution in [1.82, 2.24) is 15.5 Å². The number of rotatable bonds is 6. The quantitative estimate of drug-likeness (QED) is 0.474. The topological polar surface area (TPSA) is 56.7 Å². The van der Waals surface area contributed by atoms with Crippen molar-refractivity contribution in [3.8, 4) is 0 Å². The first-order chi connectivity index (χ1) is 12.0. The zero-order valence-electron chi connectivity index (χ0n) is 15.6. The summed E-state index contributed by atoms with van der Waals surface area (Å²) in [5, 5.41) is 6.57. The molecule has 1 amide bonds. The van der Waals surface area contributed by atoms with Crippen LogP contribution in [0.25, 0.3) is 0 Å². The Kier molecular flexibility index (Phi) is 7.04. The fourth-order valence-electron chi connectivity index (χ4n) is 2.92. The molecule has 0 bridgehead atoms. The average Bonchev–Trinajstić information content (AvgIpc) is 2.62. The van der Waals surface area contributed by atoms with Gasteiger partial charge in [-0.3, -0.25) is 4.79 Å². The second-order valence-corrected chi connectivity index (χ2v) is 6.72. The molecule has 2 rings (SSSR count). The fraction of sp³-hybridized carbons (Fsp3) is 0.500. The highest BCUT2D eigenvalue weighted by Gasteiger charge is 2.13. The van der Waals surface area contributed by atoms with E-state index in [1.165, 1.54) is 42.4 Å². The highest BCUT2D eigenvalue weighted by atomic mass is 16.2. The van der Waals surface area contributed by atoms with Crippen LogP contribution >= 0.6 is 0 Å². The Labute approximate surface area is 151 Å². The molecule has 0 saturated heterocycles. The van der Waals surface area contributed by atoms with E-state index in [1.54, 1.807) is 25.1 Å². The smallest absolute Gasteiger partial charge is 0.243 e. The van der Waals surface area contributed by atoms with E-state index in [-0.39, 0.29) is 18.5 Å². The molecular formula is C20H30N4O. The predicted molar refractivity (Wildman–Crippen MR) is 104 cm³/mol. The Morgan fingerprint density at radius 1 is 1.32 bits per heavy atom. The number of amides is 1. The van der Waals surface area contributed by atoms with Crippen LogP contribution < -0.4 is 10.6 Å². The van der Waals surface area contributed by atoms with E-state index in [9.17, 15) is 4.79 Å². The number of nitrogens with zero attached hydrogens (tertiary/aromatic N) is 2. The third-order valence-corrected chi connectivity index (χ3v) is 4.51. The molecule has 0 aliphatic heterocycles. The number of carbonyl (C=O) groups is 1. The lowest BCUT2D eigenvalue weighted by molar-refractivity contribution is -0.127. The zero-order valence-corrected chi connectivity index (χ0v) is 15.6. The van der Waals surface area contributed by atoms with Gasteiger partial charge in [-0.1, -0.05) is 24.3 Å². The van der Waals surface area contributed by atoms with Crippen molar-refractivity contribution in [2.45, 2.75) is 38.6 Å². The monoisotopic (exact) mass is 342 g/mol. The SMILES string of the molecule is C=CCNC(=NCC(=O)N(C)C)NC(C)c1ccc2c(c1)CCCC2. The van der Waals surface area contributed by atoms with Crippen LogP contribution in [0.15, 0.2) is 35.8 Å². The molecule has 1 aliphatic carbocycles.